The van der Waals surface area contributed by atoms with Crippen molar-refractivity contribution in [3.05, 3.63) is 33.8 Å². The van der Waals surface area contributed by atoms with E-state index in [0.29, 0.717) is 41.8 Å². The molecule has 2 heterocycles. The number of carbonyl (C=O) groups excluding carboxylic acids is 3. The molecule has 0 bridgehead atoms. The summed E-state index contributed by atoms with van der Waals surface area (Å²) in [7, 11) is 0. The first-order chi connectivity index (χ1) is 13.3. The van der Waals surface area contributed by atoms with E-state index in [1.807, 2.05) is 4.90 Å². The van der Waals surface area contributed by atoms with Crippen LogP contribution in [-0.2, 0) is 9.59 Å². The highest BCUT2D eigenvalue weighted by atomic mass is 35.5. The predicted octanol–water partition coefficient (Wildman–Crippen LogP) is 2.97. The van der Waals surface area contributed by atoms with Crippen LogP contribution in [0.2, 0.25) is 10.0 Å². The van der Waals surface area contributed by atoms with E-state index < -0.39 is 0 Å². The van der Waals surface area contributed by atoms with Crippen LogP contribution in [-0.4, -0.2) is 59.7 Å². The van der Waals surface area contributed by atoms with Gasteiger partial charge in [0.25, 0.3) is 5.91 Å². The van der Waals surface area contributed by atoms with Gasteiger partial charge < -0.3 is 15.1 Å². The van der Waals surface area contributed by atoms with Gasteiger partial charge in [0.2, 0.25) is 11.8 Å². The number of likely N-dealkylation sites (tertiary alicyclic amines) is 2. The van der Waals surface area contributed by atoms with Crippen LogP contribution in [0.4, 0.5) is 0 Å². The monoisotopic (exact) mass is 425 g/mol. The number of hydrogen-bond acceptors (Lipinski definition) is 3. The van der Waals surface area contributed by atoms with E-state index >= 15 is 0 Å². The van der Waals surface area contributed by atoms with Crippen LogP contribution in [0, 0.1) is 5.92 Å². The molecule has 152 valence electrons. The van der Waals surface area contributed by atoms with Crippen LogP contribution in [0.25, 0.3) is 0 Å². The van der Waals surface area contributed by atoms with Crippen molar-refractivity contribution in [3.63, 3.8) is 0 Å². The summed E-state index contributed by atoms with van der Waals surface area (Å²) in [4.78, 5) is 40.5. The first-order valence-electron chi connectivity index (χ1n) is 9.65. The lowest BCUT2D eigenvalue weighted by atomic mass is 9.94. The van der Waals surface area contributed by atoms with E-state index in [9.17, 15) is 14.4 Å². The van der Waals surface area contributed by atoms with Gasteiger partial charge in [0.1, 0.15) is 0 Å². The number of halogens is 2. The Morgan fingerprint density at radius 1 is 1.00 bits per heavy atom. The fraction of sp³-hybridized carbons (Fsp3) is 0.550. The maximum Gasteiger partial charge on any atom is 0.253 e. The summed E-state index contributed by atoms with van der Waals surface area (Å²) in [5.41, 5.74) is 0.485. The molecule has 1 aromatic rings. The third-order valence-electron chi connectivity index (χ3n) is 5.44. The molecule has 2 fully saturated rings. The molecule has 28 heavy (non-hydrogen) atoms. The molecule has 2 saturated heterocycles. The van der Waals surface area contributed by atoms with Crippen molar-refractivity contribution in [3.8, 4) is 0 Å². The summed E-state index contributed by atoms with van der Waals surface area (Å²) in [6, 6.07) is 4.99. The summed E-state index contributed by atoms with van der Waals surface area (Å²) in [6.07, 6.45) is 3.12. The van der Waals surface area contributed by atoms with Gasteiger partial charge in [-0.1, -0.05) is 23.2 Å². The van der Waals surface area contributed by atoms with Gasteiger partial charge in [-0.3, -0.25) is 14.4 Å². The van der Waals surface area contributed by atoms with Gasteiger partial charge in [-0.2, -0.15) is 0 Å². The summed E-state index contributed by atoms with van der Waals surface area (Å²) in [5.74, 6) is -0.236. The van der Waals surface area contributed by atoms with E-state index in [2.05, 4.69) is 5.32 Å². The van der Waals surface area contributed by atoms with Crippen LogP contribution < -0.4 is 5.32 Å². The molecule has 2 aliphatic rings. The number of nitrogens with one attached hydrogen (secondary N) is 1. The average molecular weight is 426 g/mol. The molecule has 2 aliphatic heterocycles. The minimum Gasteiger partial charge on any atom is -0.353 e. The summed E-state index contributed by atoms with van der Waals surface area (Å²) in [5, 5.41) is 3.68. The van der Waals surface area contributed by atoms with Gasteiger partial charge >= 0.3 is 0 Å². The Kier molecular flexibility index (Phi) is 6.83. The molecule has 3 rings (SSSR count). The zero-order valence-corrected chi connectivity index (χ0v) is 17.4. The Balaban J connectivity index is 1.58. The van der Waals surface area contributed by atoms with Crippen LogP contribution in [0.15, 0.2) is 18.2 Å². The molecule has 0 aliphatic carbocycles. The number of rotatable bonds is 3. The summed E-state index contributed by atoms with van der Waals surface area (Å²) in [6.45, 7) is 3.85. The van der Waals surface area contributed by atoms with Gasteiger partial charge in [-0.05, 0) is 43.9 Å². The molecule has 1 unspecified atom stereocenters. The Morgan fingerprint density at radius 2 is 1.71 bits per heavy atom. The van der Waals surface area contributed by atoms with Crippen molar-refractivity contribution in [1.29, 1.82) is 0 Å². The maximum atomic E-state index is 12.9. The van der Waals surface area contributed by atoms with E-state index in [4.69, 9.17) is 23.2 Å². The largest absolute Gasteiger partial charge is 0.353 e. The Morgan fingerprint density at radius 3 is 2.36 bits per heavy atom. The normalized spacial score (nSPS) is 20.8. The number of benzene rings is 1. The van der Waals surface area contributed by atoms with Crippen molar-refractivity contribution >= 4 is 40.9 Å². The maximum absolute atomic E-state index is 12.9. The highest BCUT2D eigenvalue weighted by Gasteiger charge is 2.33. The molecule has 6 nitrogen and oxygen atoms in total. The van der Waals surface area contributed by atoms with Crippen LogP contribution in [0.5, 0.6) is 0 Å². The molecule has 1 N–H and O–H groups in total. The molecule has 0 spiro atoms. The van der Waals surface area contributed by atoms with Crippen molar-refractivity contribution < 1.29 is 14.4 Å². The second kappa shape index (κ2) is 9.14. The number of carbonyl (C=O) groups is 3. The third-order valence-corrected chi connectivity index (χ3v) is 6.18. The zero-order chi connectivity index (χ0) is 20.3. The number of amides is 3. The fourth-order valence-electron chi connectivity index (χ4n) is 3.96. The van der Waals surface area contributed by atoms with Gasteiger partial charge in [0.15, 0.2) is 0 Å². The first-order valence-corrected chi connectivity index (χ1v) is 10.4. The predicted molar refractivity (Wildman–Crippen MR) is 109 cm³/mol. The topological polar surface area (TPSA) is 69.7 Å². The standard InChI is InChI=1S/C20H25Cl2N3O3/c1-13(26)23-16-6-9-24(10-7-16)20(28)15-3-2-8-25(12-15)19(27)14-4-5-17(21)18(22)11-14/h4-5,11,15-16H,2-3,6-10,12H2,1H3,(H,23,26). The van der Waals surface area contributed by atoms with E-state index in [-0.39, 0.29) is 29.7 Å². The average Bonchev–Trinajstić information content (AvgIpc) is 2.69. The second-order valence-corrected chi connectivity index (χ2v) is 8.33. The lowest BCUT2D eigenvalue weighted by molar-refractivity contribution is -0.138. The van der Waals surface area contributed by atoms with Gasteiger partial charge in [0.05, 0.1) is 16.0 Å². The van der Waals surface area contributed by atoms with E-state index in [1.54, 1.807) is 23.1 Å². The highest BCUT2D eigenvalue weighted by Crippen LogP contribution is 2.26. The Bertz CT molecular complexity index is 763. The molecule has 0 aromatic heterocycles. The van der Waals surface area contributed by atoms with Gasteiger partial charge in [-0.25, -0.2) is 0 Å². The minimum absolute atomic E-state index is 0.0338. The SMILES string of the molecule is CC(=O)NC1CCN(C(=O)C2CCCN(C(=O)c3ccc(Cl)c(Cl)c3)C2)CC1. The third kappa shape index (κ3) is 4.97. The van der Waals surface area contributed by atoms with Crippen molar-refractivity contribution in [1.82, 2.24) is 15.1 Å². The van der Waals surface area contributed by atoms with Crippen LogP contribution in [0.1, 0.15) is 43.0 Å². The van der Waals surface area contributed by atoms with Crippen LogP contribution >= 0.6 is 23.2 Å². The lowest BCUT2D eigenvalue weighted by Gasteiger charge is -2.38. The zero-order valence-electron chi connectivity index (χ0n) is 15.9. The molecule has 0 saturated carbocycles. The Labute approximate surface area is 175 Å². The molecular weight excluding hydrogens is 401 g/mol. The summed E-state index contributed by atoms with van der Waals surface area (Å²) >= 11 is 12.0. The molecule has 8 heteroatoms. The fourth-order valence-corrected chi connectivity index (χ4v) is 4.26. The molecule has 3 amide bonds. The summed E-state index contributed by atoms with van der Waals surface area (Å²) < 4.78 is 0. The van der Waals surface area contributed by atoms with E-state index in [1.165, 1.54) is 6.92 Å². The second-order valence-electron chi connectivity index (χ2n) is 7.52. The van der Waals surface area contributed by atoms with Crippen molar-refractivity contribution in [2.75, 3.05) is 26.2 Å². The van der Waals surface area contributed by atoms with Gasteiger partial charge in [-0.15, -0.1) is 0 Å². The van der Waals surface area contributed by atoms with Crippen molar-refractivity contribution in [2.45, 2.75) is 38.6 Å². The molecule has 0 radical (unpaired) electrons. The first kappa shape index (κ1) is 20.9. The quantitative estimate of drug-likeness (QED) is 0.808. The Hall–Kier alpha value is -1.79. The highest BCUT2D eigenvalue weighted by molar-refractivity contribution is 6.42. The number of nitrogens with zero attached hydrogens (tertiary/aromatic N) is 2. The minimum atomic E-state index is -0.183. The molecule has 1 aromatic carbocycles. The van der Waals surface area contributed by atoms with Crippen molar-refractivity contribution in [2.24, 2.45) is 5.92 Å². The smallest absolute Gasteiger partial charge is 0.253 e. The number of piperidine rings is 2. The molecular formula is C20H25Cl2N3O3. The van der Waals surface area contributed by atoms with E-state index in [0.717, 1.165) is 25.7 Å². The van der Waals surface area contributed by atoms with Crippen LogP contribution in [0.3, 0.4) is 0 Å². The van der Waals surface area contributed by atoms with Gasteiger partial charge in [0, 0.05) is 44.7 Å². The molecule has 1 atom stereocenters. The number of hydrogen-bond donors (Lipinski definition) is 1. The lowest BCUT2D eigenvalue weighted by Crippen LogP contribution is -2.51.